The third kappa shape index (κ3) is 3.74. The fraction of sp³-hybridized carbons (Fsp3) is 0.429. The summed E-state index contributed by atoms with van der Waals surface area (Å²) < 4.78 is 25.4. The molecule has 0 spiro atoms. The highest BCUT2D eigenvalue weighted by Gasteiger charge is 2.26. The first kappa shape index (κ1) is 15.8. The summed E-state index contributed by atoms with van der Waals surface area (Å²) in [4.78, 5) is 4.28. The molecule has 2 aromatic rings. The normalized spacial score (nSPS) is 14.9. The molecule has 0 aliphatic carbocycles. The third-order valence-electron chi connectivity index (χ3n) is 3.47. The molecule has 5 nitrogen and oxygen atoms in total. The van der Waals surface area contributed by atoms with Crippen molar-refractivity contribution in [3.05, 3.63) is 42.1 Å². The molecule has 2 heterocycles. The lowest BCUT2D eigenvalue weighted by Crippen LogP contribution is -2.33. The molecule has 0 saturated heterocycles. The summed E-state index contributed by atoms with van der Waals surface area (Å²) in [6, 6.07) is 3.70. The van der Waals surface area contributed by atoms with Gasteiger partial charge in [0.1, 0.15) is 0 Å². The SMILES string of the molecule is C[C@@H](CC(C)(C)S(N)=O)c1ccc(-n2cc(F)cn2)nc1. The molecule has 7 heteroatoms. The summed E-state index contributed by atoms with van der Waals surface area (Å²) in [6.45, 7) is 5.81. The topological polar surface area (TPSA) is 73.8 Å². The highest BCUT2D eigenvalue weighted by atomic mass is 32.2. The molecule has 0 amide bonds. The molecule has 2 atom stereocenters. The van der Waals surface area contributed by atoms with Crippen LogP contribution in [0.3, 0.4) is 0 Å². The number of hydrogen-bond acceptors (Lipinski definition) is 3. The summed E-state index contributed by atoms with van der Waals surface area (Å²) in [5, 5.41) is 9.37. The van der Waals surface area contributed by atoms with Crippen molar-refractivity contribution in [1.82, 2.24) is 14.8 Å². The van der Waals surface area contributed by atoms with Crippen LogP contribution in [-0.4, -0.2) is 23.7 Å². The first-order valence-electron chi connectivity index (χ1n) is 6.62. The van der Waals surface area contributed by atoms with Crippen molar-refractivity contribution in [1.29, 1.82) is 0 Å². The van der Waals surface area contributed by atoms with E-state index in [-0.39, 0.29) is 5.92 Å². The molecule has 0 aliphatic rings. The van der Waals surface area contributed by atoms with Gasteiger partial charge < -0.3 is 0 Å². The monoisotopic (exact) mass is 310 g/mol. The minimum atomic E-state index is -1.38. The summed E-state index contributed by atoms with van der Waals surface area (Å²) >= 11 is 0. The zero-order valence-corrected chi connectivity index (χ0v) is 13.1. The Morgan fingerprint density at radius 3 is 2.62 bits per heavy atom. The highest BCUT2D eigenvalue weighted by molar-refractivity contribution is 7.84. The number of aromatic nitrogens is 3. The summed E-state index contributed by atoms with van der Waals surface area (Å²) in [5.74, 6) is 0.321. The van der Waals surface area contributed by atoms with Crippen molar-refractivity contribution >= 4 is 11.0 Å². The number of nitrogens with zero attached hydrogens (tertiary/aromatic N) is 3. The van der Waals surface area contributed by atoms with E-state index in [0.29, 0.717) is 12.2 Å². The highest BCUT2D eigenvalue weighted by Crippen LogP contribution is 2.28. The fourth-order valence-corrected chi connectivity index (χ4v) is 2.60. The van der Waals surface area contributed by atoms with E-state index in [2.05, 4.69) is 10.1 Å². The van der Waals surface area contributed by atoms with Gasteiger partial charge in [0.25, 0.3) is 0 Å². The maximum absolute atomic E-state index is 12.9. The zero-order valence-electron chi connectivity index (χ0n) is 12.3. The average molecular weight is 310 g/mol. The minimum absolute atomic E-state index is 0.170. The van der Waals surface area contributed by atoms with Crippen LogP contribution in [0, 0.1) is 5.82 Å². The van der Waals surface area contributed by atoms with Crippen LogP contribution < -0.4 is 5.14 Å². The molecule has 0 bridgehead atoms. The molecule has 0 aromatic carbocycles. The van der Waals surface area contributed by atoms with Crippen molar-refractivity contribution in [2.45, 2.75) is 37.9 Å². The Hall–Kier alpha value is -1.60. The van der Waals surface area contributed by atoms with Gasteiger partial charge >= 0.3 is 0 Å². The molecule has 1 unspecified atom stereocenters. The Morgan fingerprint density at radius 2 is 2.14 bits per heavy atom. The van der Waals surface area contributed by atoms with E-state index in [1.54, 1.807) is 12.3 Å². The third-order valence-corrected chi connectivity index (χ3v) is 4.72. The second-order valence-corrected chi connectivity index (χ2v) is 7.42. The molecule has 21 heavy (non-hydrogen) atoms. The molecule has 0 aliphatic heterocycles. The number of halogens is 1. The van der Waals surface area contributed by atoms with Crippen LogP contribution in [-0.2, 0) is 11.0 Å². The first-order chi connectivity index (χ1) is 9.79. The van der Waals surface area contributed by atoms with E-state index in [1.165, 1.54) is 10.9 Å². The van der Waals surface area contributed by atoms with E-state index in [9.17, 15) is 8.60 Å². The Kier molecular flexibility index (Phi) is 4.53. The number of hydrogen-bond donors (Lipinski definition) is 1. The van der Waals surface area contributed by atoms with E-state index >= 15 is 0 Å². The number of rotatable bonds is 5. The Labute approximate surface area is 126 Å². The second kappa shape index (κ2) is 6.03. The van der Waals surface area contributed by atoms with Gasteiger partial charge in [0.2, 0.25) is 0 Å². The Balaban J connectivity index is 2.13. The van der Waals surface area contributed by atoms with Crippen molar-refractivity contribution in [2.24, 2.45) is 5.14 Å². The second-order valence-electron chi connectivity index (χ2n) is 5.72. The maximum atomic E-state index is 12.9. The largest absolute Gasteiger partial charge is 0.251 e. The van der Waals surface area contributed by atoms with Crippen LogP contribution in [0.2, 0.25) is 0 Å². The van der Waals surface area contributed by atoms with Crippen LogP contribution in [0.25, 0.3) is 5.82 Å². The molecule has 2 N–H and O–H groups in total. The lowest BCUT2D eigenvalue weighted by molar-refractivity contribution is 0.539. The Morgan fingerprint density at radius 1 is 1.43 bits per heavy atom. The standard InChI is InChI=1S/C14H19FN4OS/c1-10(6-14(2,3)21(16)20)11-4-5-13(17-7-11)19-9-12(15)8-18-19/h4-5,7-10H,6,16H2,1-3H3/t10-,21?/m0/s1. The van der Waals surface area contributed by atoms with Crippen molar-refractivity contribution in [3.8, 4) is 5.82 Å². The van der Waals surface area contributed by atoms with Crippen LogP contribution in [0.15, 0.2) is 30.7 Å². The number of pyridine rings is 1. The van der Waals surface area contributed by atoms with Crippen LogP contribution in [0.5, 0.6) is 0 Å². The van der Waals surface area contributed by atoms with E-state index < -0.39 is 21.5 Å². The summed E-state index contributed by atoms with van der Waals surface area (Å²) in [6.07, 6.45) is 4.83. The summed E-state index contributed by atoms with van der Waals surface area (Å²) in [5.41, 5.74) is 1.02. The van der Waals surface area contributed by atoms with Gasteiger partial charge in [-0.25, -0.2) is 18.3 Å². The fourth-order valence-electron chi connectivity index (χ4n) is 2.19. The van der Waals surface area contributed by atoms with E-state index in [1.807, 2.05) is 26.8 Å². The van der Waals surface area contributed by atoms with Gasteiger partial charge in [0.15, 0.2) is 11.6 Å². The Bertz CT molecular complexity index is 639. The molecule has 2 rings (SSSR count). The molecule has 2 aromatic heterocycles. The number of nitrogens with two attached hydrogens (primary N) is 1. The van der Waals surface area contributed by atoms with Crippen LogP contribution >= 0.6 is 0 Å². The van der Waals surface area contributed by atoms with Gasteiger partial charge in [-0.05, 0) is 37.8 Å². The molecular weight excluding hydrogens is 291 g/mol. The quantitative estimate of drug-likeness (QED) is 0.921. The predicted octanol–water partition coefficient (Wildman–Crippen LogP) is 2.30. The van der Waals surface area contributed by atoms with Gasteiger partial charge in [-0.15, -0.1) is 0 Å². The van der Waals surface area contributed by atoms with Crippen LogP contribution in [0.4, 0.5) is 4.39 Å². The first-order valence-corrected chi connectivity index (χ1v) is 7.83. The zero-order chi connectivity index (χ0) is 15.6. The van der Waals surface area contributed by atoms with Crippen molar-refractivity contribution in [3.63, 3.8) is 0 Å². The minimum Gasteiger partial charge on any atom is -0.251 e. The van der Waals surface area contributed by atoms with Gasteiger partial charge in [-0.2, -0.15) is 5.10 Å². The maximum Gasteiger partial charge on any atom is 0.161 e. The molecule has 0 saturated carbocycles. The smallest absolute Gasteiger partial charge is 0.161 e. The lowest BCUT2D eigenvalue weighted by Gasteiger charge is -2.25. The lowest BCUT2D eigenvalue weighted by atomic mass is 9.92. The molecular formula is C14H19FN4OS. The van der Waals surface area contributed by atoms with Gasteiger partial charge in [0.05, 0.1) is 28.1 Å². The predicted molar refractivity (Wildman–Crippen MR) is 80.8 cm³/mol. The van der Waals surface area contributed by atoms with Crippen molar-refractivity contribution in [2.75, 3.05) is 0 Å². The van der Waals surface area contributed by atoms with Crippen molar-refractivity contribution < 1.29 is 8.60 Å². The van der Waals surface area contributed by atoms with Gasteiger partial charge in [-0.1, -0.05) is 13.0 Å². The van der Waals surface area contributed by atoms with E-state index in [4.69, 9.17) is 5.14 Å². The molecule has 0 radical (unpaired) electrons. The van der Waals surface area contributed by atoms with Crippen LogP contribution in [0.1, 0.15) is 38.7 Å². The molecule has 0 fully saturated rings. The average Bonchev–Trinajstić information content (AvgIpc) is 2.85. The summed E-state index contributed by atoms with van der Waals surface area (Å²) in [7, 11) is -1.38. The molecule has 114 valence electrons. The van der Waals surface area contributed by atoms with Gasteiger partial charge in [-0.3, -0.25) is 5.14 Å². The van der Waals surface area contributed by atoms with Gasteiger partial charge in [0, 0.05) is 6.20 Å². The van der Waals surface area contributed by atoms with E-state index in [0.717, 1.165) is 11.8 Å².